The molecule has 1 fully saturated rings. The quantitative estimate of drug-likeness (QED) is 0.687. The van der Waals surface area contributed by atoms with Crippen LogP contribution < -0.4 is 10.9 Å². The number of carbonyl (C=O) groups is 1. The summed E-state index contributed by atoms with van der Waals surface area (Å²) in [5.41, 5.74) is 3.86. The van der Waals surface area contributed by atoms with Crippen molar-refractivity contribution in [3.63, 3.8) is 0 Å². The van der Waals surface area contributed by atoms with Crippen LogP contribution in [-0.4, -0.2) is 41.7 Å². The first kappa shape index (κ1) is 20.1. The second-order valence-corrected chi connectivity index (χ2v) is 8.10. The number of aromatic amines is 1. The van der Waals surface area contributed by atoms with Crippen molar-refractivity contribution in [3.8, 4) is 5.82 Å². The van der Waals surface area contributed by atoms with Crippen LogP contribution in [0.5, 0.6) is 0 Å². The third-order valence-electron chi connectivity index (χ3n) is 5.77. The van der Waals surface area contributed by atoms with Crippen LogP contribution in [0.4, 0.5) is 0 Å². The molecule has 1 aliphatic rings. The molecule has 3 aromatic rings. The lowest BCUT2D eigenvalue weighted by Gasteiger charge is -2.29. The molecule has 0 bridgehead atoms. The van der Waals surface area contributed by atoms with Crippen molar-refractivity contribution in [3.05, 3.63) is 56.9 Å². The lowest BCUT2D eigenvalue weighted by atomic mass is 9.91. The Labute approximate surface area is 174 Å². The third kappa shape index (κ3) is 3.79. The number of nitrogens with zero attached hydrogens (tertiary/aromatic N) is 5. The Morgan fingerprint density at radius 3 is 2.43 bits per heavy atom. The van der Waals surface area contributed by atoms with Crippen LogP contribution in [-0.2, 0) is 0 Å². The number of amides is 1. The van der Waals surface area contributed by atoms with E-state index < -0.39 is 0 Å². The van der Waals surface area contributed by atoms with Gasteiger partial charge in [0.2, 0.25) is 0 Å². The van der Waals surface area contributed by atoms with E-state index in [1.807, 2.05) is 33.8 Å². The first-order valence-electron chi connectivity index (χ1n) is 10.3. The molecule has 9 heteroatoms. The van der Waals surface area contributed by atoms with Crippen LogP contribution in [0.1, 0.15) is 64.9 Å². The largest absolute Gasteiger partial charge is 0.349 e. The minimum Gasteiger partial charge on any atom is -0.349 e. The van der Waals surface area contributed by atoms with E-state index in [1.165, 1.54) is 0 Å². The fourth-order valence-corrected chi connectivity index (χ4v) is 4.26. The molecule has 158 valence electrons. The van der Waals surface area contributed by atoms with Crippen molar-refractivity contribution in [2.45, 2.75) is 65.5 Å². The number of nitrogens with one attached hydrogen (secondary N) is 2. The maximum atomic E-state index is 12.6. The van der Waals surface area contributed by atoms with Crippen molar-refractivity contribution in [1.82, 2.24) is 35.1 Å². The summed E-state index contributed by atoms with van der Waals surface area (Å²) in [5.74, 6) is 0.547. The maximum Gasteiger partial charge on any atom is 0.267 e. The van der Waals surface area contributed by atoms with E-state index in [-0.39, 0.29) is 23.6 Å². The van der Waals surface area contributed by atoms with Gasteiger partial charge in [0.05, 0.1) is 23.0 Å². The average Bonchev–Trinajstić information content (AvgIpc) is 3.23. The Balaban J connectivity index is 1.45. The summed E-state index contributed by atoms with van der Waals surface area (Å²) in [4.78, 5) is 25.1. The highest BCUT2D eigenvalue weighted by atomic mass is 16.2. The van der Waals surface area contributed by atoms with Gasteiger partial charge in [-0.2, -0.15) is 10.2 Å². The van der Waals surface area contributed by atoms with Gasteiger partial charge in [-0.1, -0.05) is 0 Å². The van der Waals surface area contributed by atoms with Crippen molar-refractivity contribution >= 4 is 5.91 Å². The molecule has 4 rings (SSSR count). The smallest absolute Gasteiger partial charge is 0.267 e. The molecule has 9 nitrogen and oxygen atoms in total. The Morgan fingerprint density at radius 1 is 1.10 bits per heavy atom. The number of H-pyrrole nitrogens is 1. The summed E-state index contributed by atoms with van der Waals surface area (Å²) in [6, 6.07) is 5.34. The maximum absolute atomic E-state index is 12.6. The highest BCUT2D eigenvalue weighted by molar-refractivity contribution is 5.96. The Bertz CT molecular complexity index is 1110. The molecule has 1 aliphatic carbocycles. The van der Waals surface area contributed by atoms with Gasteiger partial charge in [0.15, 0.2) is 5.82 Å². The van der Waals surface area contributed by atoms with Gasteiger partial charge in [0.25, 0.3) is 11.5 Å². The average molecular weight is 409 g/mol. The van der Waals surface area contributed by atoms with Crippen molar-refractivity contribution < 1.29 is 4.79 Å². The van der Waals surface area contributed by atoms with Crippen LogP contribution in [0, 0.1) is 27.7 Å². The zero-order valence-corrected chi connectivity index (χ0v) is 17.8. The fraction of sp³-hybridized carbons (Fsp3) is 0.476. The molecule has 3 heterocycles. The normalized spacial score (nSPS) is 19.1. The second kappa shape index (κ2) is 7.89. The molecular formula is C21H27N7O2. The molecule has 0 radical (unpaired) electrons. The van der Waals surface area contributed by atoms with E-state index in [4.69, 9.17) is 0 Å². The van der Waals surface area contributed by atoms with E-state index in [0.717, 1.165) is 42.8 Å². The van der Waals surface area contributed by atoms with Gasteiger partial charge in [-0.05, 0) is 65.5 Å². The SMILES string of the molecule is Cc1cc(C)n(-c2ccc(=O)n(C3CCC(NC(=O)c4c(C)n[nH]c4C)CC3)n2)n1. The molecule has 3 aromatic heterocycles. The predicted octanol–water partition coefficient (Wildman–Crippen LogP) is 2.30. The van der Waals surface area contributed by atoms with E-state index in [2.05, 4.69) is 25.7 Å². The van der Waals surface area contributed by atoms with E-state index in [1.54, 1.807) is 21.5 Å². The lowest BCUT2D eigenvalue weighted by molar-refractivity contribution is 0.0920. The van der Waals surface area contributed by atoms with Gasteiger partial charge in [-0.25, -0.2) is 9.36 Å². The van der Waals surface area contributed by atoms with Gasteiger partial charge in [-0.3, -0.25) is 14.7 Å². The molecule has 1 amide bonds. The van der Waals surface area contributed by atoms with Crippen molar-refractivity contribution in [1.29, 1.82) is 0 Å². The number of carbonyl (C=O) groups excluding carboxylic acids is 1. The number of hydrogen-bond donors (Lipinski definition) is 2. The molecule has 0 unspecified atom stereocenters. The van der Waals surface area contributed by atoms with E-state index in [0.29, 0.717) is 17.1 Å². The predicted molar refractivity (Wildman–Crippen MR) is 112 cm³/mol. The molecule has 0 aliphatic heterocycles. The Hall–Kier alpha value is -3.23. The minimum absolute atomic E-state index is 0.0139. The van der Waals surface area contributed by atoms with Gasteiger partial charge in [-0.15, -0.1) is 5.10 Å². The number of aromatic nitrogens is 6. The van der Waals surface area contributed by atoms with Gasteiger partial charge in [0.1, 0.15) is 0 Å². The summed E-state index contributed by atoms with van der Waals surface area (Å²) >= 11 is 0. The highest BCUT2D eigenvalue weighted by Gasteiger charge is 2.26. The molecule has 0 atom stereocenters. The first-order valence-corrected chi connectivity index (χ1v) is 10.3. The molecule has 30 heavy (non-hydrogen) atoms. The molecule has 1 saturated carbocycles. The standard InChI is InChI=1S/C21H27N7O2/c1-12-11-13(2)27(25-12)18-9-10-19(29)28(26-18)17-7-5-16(6-8-17)22-21(30)20-14(3)23-24-15(20)4/h9-11,16-17H,5-8H2,1-4H3,(H,22,30)(H,23,24). The van der Waals surface area contributed by atoms with E-state index in [9.17, 15) is 9.59 Å². The summed E-state index contributed by atoms with van der Waals surface area (Å²) < 4.78 is 3.33. The summed E-state index contributed by atoms with van der Waals surface area (Å²) in [7, 11) is 0. The van der Waals surface area contributed by atoms with Crippen LogP contribution >= 0.6 is 0 Å². The number of rotatable bonds is 4. The van der Waals surface area contributed by atoms with Crippen LogP contribution in [0.3, 0.4) is 0 Å². The third-order valence-corrected chi connectivity index (χ3v) is 5.77. The van der Waals surface area contributed by atoms with Gasteiger partial charge >= 0.3 is 0 Å². The first-order chi connectivity index (χ1) is 14.3. The van der Waals surface area contributed by atoms with Gasteiger partial charge < -0.3 is 5.32 Å². The molecular weight excluding hydrogens is 382 g/mol. The minimum atomic E-state index is -0.114. The summed E-state index contributed by atoms with van der Waals surface area (Å²) in [6.45, 7) is 7.57. The Morgan fingerprint density at radius 2 is 1.83 bits per heavy atom. The molecule has 0 aromatic carbocycles. The highest BCUT2D eigenvalue weighted by Crippen LogP contribution is 2.27. The second-order valence-electron chi connectivity index (χ2n) is 8.10. The topological polar surface area (TPSA) is 110 Å². The molecule has 2 N–H and O–H groups in total. The van der Waals surface area contributed by atoms with Crippen LogP contribution in [0.25, 0.3) is 5.82 Å². The van der Waals surface area contributed by atoms with Crippen molar-refractivity contribution in [2.24, 2.45) is 0 Å². The fourth-order valence-electron chi connectivity index (χ4n) is 4.26. The lowest BCUT2D eigenvalue weighted by Crippen LogP contribution is -2.40. The van der Waals surface area contributed by atoms with Gasteiger partial charge in [0, 0.05) is 23.5 Å². The van der Waals surface area contributed by atoms with E-state index >= 15 is 0 Å². The number of aryl methyl sites for hydroxylation is 4. The van der Waals surface area contributed by atoms with Crippen molar-refractivity contribution in [2.75, 3.05) is 0 Å². The zero-order valence-electron chi connectivity index (χ0n) is 17.8. The zero-order chi connectivity index (χ0) is 21.4. The number of hydrogen-bond acceptors (Lipinski definition) is 5. The molecule has 0 saturated heterocycles. The monoisotopic (exact) mass is 409 g/mol. The Kier molecular flexibility index (Phi) is 5.27. The molecule has 0 spiro atoms. The summed E-state index contributed by atoms with van der Waals surface area (Å²) in [6.07, 6.45) is 3.15. The van der Waals surface area contributed by atoms with Crippen LogP contribution in [0.2, 0.25) is 0 Å². The van der Waals surface area contributed by atoms with Crippen LogP contribution in [0.15, 0.2) is 23.0 Å². The summed E-state index contributed by atoms with van der Waals surface area (Å²) in [5, 5.41) is 19.1.